The Balaban J connectivity index is 2.07. The molecule has 1 N–H and O–H groups in total. The Kier molecular flexibility index (Phi) is 3.48. The summed E-state index contributed by atoms with van der Waals surface area (Å²) in [5.74, 6) is 0.153. The molecule has 3 heterocycles. The van der Waals surface area contributed by atoms with Gasteiger partial charge in [-0.1, -0.05) is 11.2 Å². The van der Waals surface area contributed by atoms with Crippen LogP contribution in [0.4, 0.5) is 5.95 Å². The van der Waals surface area contributed by atoms with Gasteiger partial charge < -0.3 is 10.1 Å². The van der Waals surface area contributed by atoms with Crippen LogP contribution in [-0.4, -0.2) is 31.8 Å². The van der Waals surface area contributed by atoms with Crippen LogP contribution in [0, 0.1) is 0 Å². The fourth-order valence-electron chi connectivity index (χ4n) is 2.32. The van der Waals surface area contributed by atoms with Crippen molar-refractivity contribution in [3.63, 3.8) is 0 Å². The van der Waals surface area contributed by atoms with Gasteiger partial charge in [0.25, 0.3) is 0 Å². The van der Waals surface area contributed by atoms with Crippen LogP contribution in [0.2, 0.25) is 0 Å². The molecule has 0 amide bonds. The van der Waals surface area contributed by atoms with Crippen molar-refractivity contribution in [1.29, 1.82) is 0 Å². The number of aromatic nitrogens is 4. The van der Waals surface area contributed by atoms with Crippen LogP contribution in [0.1, 0.15) is 38.6 Å². The first-order valence-electron chi connectivity index (χ1n) is 6.89. The number of nitrogens with one attached hydrogen (secondary N) is 1. The molecule has 2 aromatic heterocycles. The third-order valence-corrected chi connectivity index (χ3v) is 4.07. The van der Waals surface area contributed by atoms with Crippen LogP contribution >= 0.6 is 11.3 Å². The zero-order chi connectivity index (χ0) is 15.9. The second kappa shape index (κ2) is 5.20. The predicted octanol–water partition coefficient (Wildman–Crippen LogP) is 2.37. The third-order valence-electron chi connectivity index (χ3n) is 3.15. The van der Waals surface area contributed by atoms with Gasteiger partial charge in [0, 0.05) is 10.6 Å². The molecule has 0 saturated heterocycles. The normalized spacial score (nSPS) is 17.9. The molecule has 116 valence electrons. The Labute approximate surface area is 132 Å². The van der Waals surface area contributed by atoms with Crippen molar-refractivity contribution < 1.29 is 9.53 Å². The second-order valence-electron chi connectivity index (χ2n) is 6.03. The number of esters is 1. The highest BCUT2D eigenvalue weighted by Gasteiger charge is 2.36. The highest BCUT2D eigenvalue weighted by molar-refractivity contribution is 7.10. The molecule has 0 spiro atoms. The highest BCUT2D eigenvalue weighted by Crippen LogP contribution is 2.37. The average molecular weight is 319 g/mol. The lowest BCUT2D eigenvalue weighted by molar-refractivity contribution is -0.150. The molecule has 3 rings (SSSR count). The van der Waals surface area contributed by atoms with Gasteiger partial charge in [-0.15, -0.1) is 11.3 Å². The molecule has 1 atom stereocenters. The van der Waals surface area contributed by atoms with E-state index in [0.29, 0.717) is 17.2 Å². The summed E-state index contributed by atoms with van der Waals surface area (Å²) in [5, 5.41) is 16.7. The van der Waals surface area contributed by atoms with Gasteiger partial charge in [-0.2, -0.15) is 4.68 Å². The van der Waals surface area contributed by atoms with Crippen LogP contribution in [0.15, 0.2) is 28.8 Å². The van der Waals surface area contributed by atoms with Gasteiger partial charge >= 0.3 is 5.97 Å². The molecule has 0 bridgehead atoms. The van der Waals surface area contributed by atoms with Gasteiger partial charge in [0.2, 0.25) is 5.95 Å². The van der Waals surface area contributed by atoms with Crippen LogP contribution in [-0.2, 0) is 9.53 Å². The van der Waals surface area contributed by atoms with Crippen LogP contribution in [0.5, 0.6) is 0 Å². The fourth-order valence-corrected chi connectivity index (χ4v) is 3.14. The van der Waals surface area contributed by atoms with E-state index in [1.807, 2.05) is 45.2 Å². The SMILES string of the molecule is CC1=C(C(=O)OC(C)(C)C)C(c2cccs2)n2nnnc2N1. The molecule has 7 nitrogen and oxygen atoms in total. The van der Waals surface area contributed by atoms with Gasteiger partial charge in [-0.05, 0) is 49.6 Å². The lowest BCUT2D eigenvalue weighted by atomic mass is 10.0. The van der Waals surface area contributed by atoms with E-state index in [1.54, 1.807) is 16.0 Å². The van der Waals surface area contributed by atoms with Gasteiger partial charge in [0.1, 0.15) is 11.6 Å². The number of carbonyl (C=O) groups excluding carboxylic acids is 1. The van der Waals surface area contributed by atoms with E-state index >= 15 is 0 Å². The number of rotatable bonds is 2. The van der Waals surface area contributed by atoms with E-state index in [4.69, 9.17) is 4.74 Å². The number of thiophene rings is 1. The molecule has 0 fully saturated rings. The first kappa shape index (κ1) is 14.7. The monoisotopic (exact) mass is 319 g/mol. The zero-order valence-electron chi connectivity index (χ0n) is 12.8. The fraction of sp³-hybridized carbons (Fsp3) is 0.429. The molecule has 1 aliphatic rings. The first-order chi connectivity index (χ1) is 10.4. The number of fused-ring (bicyclic) bond motifs is 1. The Bertz CT molecular complexity index is 727. The van der Waals surface area contributed by atoms with Gasteiger partial charge in [0.05, 0.1) is 5.57 Å². The Morgan fingerprint density at radius 1 is 1.45 bits per heavy atom. The van der Waals surface area contributed by atoms with Crippen molar-refractivity contribution in [3.8, 4) is 0 Å². The molecule has 22 heavy (non-hydrogen) atoms. The van der Waals surface area contributed by atoms with Crippen molar-refractivity contribution >= 4 is 23.3 Å². The van der Waals surface area contributed by atoms with Crippen molar-refractivity contribution in [2.24, 2.45) is 0 Å². The van der Waals surface area contributed by atoms with Crippen molar-refractivity contribution in [2.75, 3.05) is 5.32 Å². The molecule has 0 aliphatic carbocycles. The van der Waals surface area contributed by atoms with Crippen molar-refractivity contribution in [2.45, 2.75) is 39.3 Å². The summed E-state index contributed by atoms with van der Waals surface area (Å²) in [6.07, 6.45) is 0. The lowest BCUT2D eigenvalue weighted by Gasteiger charge is -2.28. The summed E-state index contributed by atoms with van der Waals surface area (Å²) in [6.45, 7) is 7.37. The third kappa shape index (κ3) is 2.61. The minimum Gasteiger partial charge on any atom is -0.456 e. The van der Waals surface area contributed by atoms with Gasteiger partial charge in [0.15, 0.2) is 0 Å². The van der Waals surface area contributed by atoms with Crippen LogP contribution in [0.25, 0.3) is 0 Å². The lowest BCUT2D eigenvalue weighted by Crippen LogP contribution is -2.33. The smallest absolute Gasteiger partial charge is 0.338 e. The number of allylic oxidation sites excluding steroid dienone is 1. The standard InChI is InChI=1S/C14H17N5O2S/c1-8-10(12(20)21-14(2,3)4)11(9-6-5-7-22-9)19-13(15-8)16-17-18-19/h5-7,11H,1-4H3,(H,15,16,18). The number of carbonyl (C=O) groups is 1. The number of nitrogens with zero attached hydrogens (tertiary/aromatic N) is 4. The minimum absolute atomic E-state index is 0.364. The molecule has 8 heteroatoms. The summed E-state index contributed by atoms with van der Waals surface area (Å²) in [5.41, 5.74) is 0.665. The summed E-state index contributed by atoms with van der Waals surface area (Å²) in [4.78, 5) is 13.6. The number of ether oxygens (including phenoxy) is 1. The second-order valence-corrected chi connectivity index (χ2v) is 7.01. The first-order valence-corrected chi connectivity index (χ1v) is 7.77. The summed E-state index contributed by atoms with van der Waals surface area (Å²) in [6, 6.07) is 3.53. The van der Waals surface area contributed by atoms with E-state index < -0.39 is 5.60 Å². The van der Waals surface area contributed by atoms with E-state index in [0.717, 1.165) is 4.88 Å². The summed E-state index contributed by atoms with van der Waals surface area (Å²) < 4.78 is 7.16. The summed E-state index contributed by atoms with van der Waals surface area (Å²) >= 11 is 1.55. The minimum atomic E-state index is -0.564. The number of hydrogen-bond acceptors (Lipinski definition) is 7. The van der Waals surface area contributed by atoms with E-state index in [2.05, 4.69) is 20.8 Å². The molecular weight excluding hydrogens is 302 g/mol. The molecule has 0 aromatic carbocycles. The predicted molar refractivity (Wildman–Crippen MR) is 82.4 cm³/mol. The largest absolute Gasteiger partial charge is 0.456 e. The van der Waals surface area contributed by atoms with Crippen molar-refractivity contribution in [1.82, 2.24) is 20.2 Å². The number of tetrazole rings is 1. The maximum atomic E-state index is 12.7. The van der Waals surface area contributed by atoms with E-state index in [-0.39, 0.29) is 12.0 Å². The summed E-state index contributed by atoms with van der Waals surface area (Å²) in [7, 11) is 0. The highest BCUT2D eigenvalue weighted by atomic mass is 32.1. The quantitative estimate of drug-likeness (QED) is 0.856. The van der Waals surface area contributed by atoms with Crippen LogP contribution in [0.3, 0.4) is 0 Å². The maximum Gasteiger partial charge on any atom is 0.338 e. The maximum absolute atomic E-state index is 12.7. The Morgan fingerprint density at radius 2 is 2.23 bits per heavy atom. The molecule has 1 unspecified atom stereocenters. The molecular formula is C14H17N5O2S. The van der Waals surface area contributed by atoms with E-state index in [9.17, 15) is 4.79 Å². The van der Waals surface area contributed by atoms with Crippen LogP contribution < -0.4 is 5.32 Å². The average Bonchev–Trinajstić information content (AvgIpc) is 3.05. The molecule has 0 saturated carbocycles. The Hall–Kier alpha value is -2.22. The topological polar surface area (TPSA) is 81.9 Å². The zero-order valence-corrected chi connectivity index (χ0v) is 13.6. The van der Waals surface area contributed by atoms with E-state index in [1.165, 1.54) is 0 Å². The van der Waals surface area contributed by atoms with Gasteiger partial charge in [-0.3, -0.25) is 0 Å². The van der Waals surface area contributed by atoms with Crippen molar-refractivity contribution in [3.05, 3.63) is 33.7 Å². The Morgan fingerprint density at radius 3 is 2.86 bits per heavy atom. The number of hydrogen-bond donors (Lipinski definition) is 1. The number of anilines is 1. The van der Waals surface area contributed by atoms with Gasteiger partial charge in [-0.25, -0.2) is 4.79 Å². The molecule has 0 radical (unpaired) electrons. The molecule has 2 aromatic rings. The molecule has 1 aliphatic heterocycles.